The number of ether oxygens (including phenoxy) is 1. The molecule has 0 radical (unpaired) electrons. The van der Waals surface area contributed by atoms with Gasteiger partial charge in [-0.05, 0) is 62.2 Å². The Morgan fingerprint density at radius 3 is 2.54 bits per heavy atom. The Hall–Kier alpha value is -3.21. The largest absolute Gasteiger partial charge is 0.497 e. The summed E-state index contributed by atoms with van der Waals surface area (Å²) in [6.45, 7) is 5.71. The van der Waals surface area contributed by atoms with E-state index in [2.05, 4.69) is 5.10 Å². The Labute approximate surface area is 163 Å². The van der Waals surface area contributed by atoms with E-state index in [1.807, 2.05) is 45.0 Å². The summed E-state index contributed by atoms with van der Waals surface area (Å²) in [6, 6.07) is 13.7. The van der Waals surface area contributed by atoms with E-state index in [9.17, 15) is 9.18 Å². The van der Waals surface area contributed by atoms with Crippen LogP contribution in [0.2, 0.25) is 0 Å². The molecule has 0 atom stereocenters. The predicted octanol–water partition coefficient (Wildman–Crippen LogP) is 5.12. The van der Waals surface area contributed by atoms with Crippen LogP contribution in [0.5, 0.6) is 5.75 Å². The van der Waals surface area contributed by atoms with E-state index in [-0.39, 0.29) is 17.4 Å². The molecule has 0 N–H and O–H groups in total. The number of aromatic nitrogens is 2. The standard InChI is InChI=1S/C23H23FN2O2/c1-15(2)26-23(27)21(12-11-17-7-5-9-19(24)13-17)22(16(3)25-26)18-8-6-10-20(14-18)28-4/h5-15H,1-4H3/b12-11+. The van der Waals surface area contributed by atoms with Gasteiger partial charge in [0.2, 0.25) is 0 Å². The van der Waals surface area contributed by atoms with Crippen LogP contribution in [0.15, 0.2) is 53.3 Å². The number of aryl methyl sites for hydroxylation is 1. The van der Waals surface area contributed by atoms with Gasteiger partial charge in [-0.2, -0.15) is 5.10 Å². The summed E-state index contributed by atoms with van der Waals surface area (Å²) in [5.74, 6) is 0.380. The molecule has 0 bridgehead atoms. The topological polar surface area (TPSA) is 44.1 Å². The first-order chi connectivity index (χ1) is 13.4. The summed E-state index contributed by atoms with van der Waals surface area (Å²) < 4.78 is 20.3. The Morgan fingerprint density at radius 1 is 1.11 bits per heavy atom. The monoisotopic (exact) mass is 378 g/mol. The van der Waals surface area contributed by atoms with Crippen molar-refractivity contribution in [2.45, 2.75) is 26.8 Å². The van der Waals surface area contributed by atoms with Crippen LogP contribution in [0, 0.1) is 12.7 Å². The highest BCUT2D eigenvalue weighted by Crippen LogP contribution is 2.29. The average molecular weight is 378 g/mol. The van der Waals surface area contributed by atoms with Crippen molar-refractivity contribution >= 4 is 12.2 Å². The molecule has 144 valence electrons. The molecule has 0 amide bonds. The van der Waals surface area contributed by atoms with Crippen molar-refractivity contribution in [1.29, 1.82) is 0 Å². The highest BCUT2D eigenvalue weighted by molar-refractivity contribution is 5.82. The Morgan fingerprint density at radius 2 is 1.86 bits per heavy atom. The van der Waals surface area contributed by atoms with Crippen molar-refractivity contribution in [2.24, 2.45) is 0 Å². The lowest BCUT2D eigenvalue weighted by Crippen LogP contribution is -2.28. The van der Waals surface area contributed by atoms with Crippen molar-refractivity contribution in [2.75, 3.05) is 7.11 Å². The van der Waals surface area contributed by atoms with Gasteiger partial charge in [0, 0.05) is 5.56 Å². The SMILES string of the molecule is COc1cccc(-c2c(C)nn(C(C)C)c(=O)c2/C=C/c2cccc(F)c2)c1. The van der Waals surface area contributed by atoms with Crippen LogP contribution in [0.4, 0.5) is 4.39 Å². The number of hydrogen-bond acceptors (Lipinski definition) is 3. The third kappa shape index (κ3) is 4.03. The van der Waals surface area contributed by atoms with Gasteiger partial charge >= 0.3 is 0 Å². The zero-order valence-electron chi connectivity index (χ0n) is 16.4. The maximum Gasteiger partial charge on any atom is 0.274 e. The molecule has 28 heavy (non-hydrogen) atoms. The number of hydrogen-bond donors (Lipinski definition) is 0. The fraction of sp³-hybridized carbons (Fsp3) is 0.217. The number of benzene rings is 2. The highest BCUT2D eigenvalue weighted by atomic mass is 19.1. The molecule has 1 aromatic heterocycles. The third-order valence-electron chi connectivity index (χ3n) is 4.47. The van der Waals surface area contributed by atoms with E-state index in [0.29, 0.717) is 16.9 Å². The van der Waals surface area contributed by atoms with Crippen molar-refractivity contribution < 1.29 is 9.13 Å². The third-order valence-corrected chi connectivity index (χ3v) is 4.47. The molecule has 0 saturated carbocycles. The predicted molar refractivity (Wildman–Crippen MR) is 111 cm³/mol. The lowest BCUT2D eigenvalue weighted by atomic mass is 9.98. The van der Waals surface area contributed by atoms with Gasteiger partial charge < -0.3 is 4.74 Å². The molecule has 0 unspecified atom stereocenters. The fourth-order valence-corrected chi connectivity index (χ4v) is 3.12. The molecular weight excluding hydrogens is 355 g/mol. The second-order valence-corrected chi connectivity index (χ2v) is 6.84. The quantitative estimate of drug-likeness (QED) is 0.619. The number of methoxy groups -OCH3 is 1. The van der Waals surface area contributed by atoms with Crippen molar-refractivity contribution in [3.63, 3.8) is 0 Å². The Bertz CT molecular complexity index is 1080. The van der Waals surface area contributed by atoms with Gasteiger partial charge in [-0.3, -0.25) is 4.79 Å². The molecule has 3 aromatic rings. The zero-order valence-corrected chi connectivity index (χ0v) is 16.4. The van der Waals surface area contributed by atoms with E-state index in [1.165, 1.54) is 16.8 Å². The second kappa shape index (κ2) is 8.21. The molecule has 1 heterocycles. The number of rotatable bonds is 5. The number of nitrogens with zero attached hydrogens (tertiary/aromatic N) is 2. The zero-order chi connectivity index (χ0) is 20.3. The minimum absolute atomic E-state index is 0.0770. The van der Waals surface area contributed by atoms with E-state index in [1.54, 1.807) is 31.4 Å². The lowest BCUT2D eigenvalue weighted by molar-refractivity contribution is 0.415. The molecule has 0 aliphatic heterocycles. The van der Waals surface area contributed by atoms with Crippen LogP contribution in [0.3, 0.4) is 0 Å². The molecule has 0 saturated heterocycles. The summed E-state index contributed by atoms with van der Waals surface area (Å²) in [5.41, 5.74) is 3.33. The summed E-state index contributed by atoms with van der Waals surface area (Å²) in [4.78, 5) is 13.1. The molecule has 0 aliphatic carbocycles. The lowest BCUT2D eigenvalue weighted by Gasteiger charge is -2.16. The summed E-state index contributed by atoms with van der Waals surface area (Å²) >= 11 is 0. The van der Waals surface area contributed by atoms with Gasteiger partial charge in [-0.1, -0.05) is 30.3 Å². The van der Waals surface area contributed by atoms with E-state index < -0.39 is 0 Å². The first-order valence-corrected chi connectivity index (χ1v) is 9.12. The number of halogens is 1. The van der Waals surface area contributed by atoms with Crippen LogP contribution in [0.1, 0.15) is 36.7 Å². The van der Waals surface area contributed by atoms with E-state index in [4.69, 9.17) is 4.74 Å². The molecule has 0 spiro atoms. The van der Waals surface area contributed by atoms with E-state index >= 15 is 0 Å². The van der Waals surface area contributed by atoms with Crippen LogP contribution in [0.25, 0.3) is 23.3 Å². The van der Waals surface area contributed by atoms with Crippen molar-refractivity contribution in [1.82, 2.24) is 9.78 Å². The van der Waals surface area contributed by atoms with Crippen LogP contribution >= 0.6 is 0 Å². The Kier molecular flexibility index (Phi) is 5.73. The van der Waals surface area contributed by atoms with Crippen LogP contribution < -0.4 is 10.3 Å². The molecule has 3 rings (SSSR count). The molecule has 2 aromatic carbocycles. The van der Waals surface area contributed by atoms with Gasteiger partial charge in [-0.15, -0.1) is 0 Å². The minimum atomic E-state index is -0.319. The summed E-state index contributed by atoms with van der Waals surface area (Å²) in [7, 11) is 1.60. The van der Waals surface area contributed by atoms with Crippen molar-refractivity contribution in [3.8, 4) is 16.9 Å². The maximum absolute atomic E-state index is 13.5. The summed E-state index contributed by atoms with van der Waals surface area (Å²) in [5, 5.41) is 4.50. The van der Waals surface area contributed by atoms with Gasteiger partial charge in [-0.25, -0.2) is 9.07 Å². The van der Waals surface area contributed by atoms with Gasteiger partial charge in [0.05, 0.1) is 24.4 Å². The summed E-state index contributed by atoms with van der Waals surface area (Å²) in [6.07, 6.45) is 3.48. The van der Waals surface area contributed by atoms with Gasteiger partial charge in [0.1, 0.15) is 11.6 Å². The average Bonchev–Trinajstić information content (AvgIpc) is 2.68. The first kappa shape index (κ1) is 19.5. The molecule has 4 nitrogen and oxygen atoms in total. The normalized spacial score (nSPS) is 11.4. The fourth-order valence-electron chi connectivity index (χ4n) is 3.12. The minimum Gasteiger partial charge on any atom is -0.497 e. The van der Waals surface area contributed by atoms with E-state index in [0.717, 1.165) is 16.8 Å². The molecular formula is C23H23FN2O2. The molecule has 0 fully saturated rings. The smallest absolute Gasteiger partial charge is 0.274 e. The van der Waals surface area contributed by atoms with Gasteiger partial charge in [0.15, 0.2) is 0 Å². The molecule has 5 heteroatoms. The Balaban J connectivity index is 2.23. The van der Waals surface area contributed by atoms with Crippen LogP contribution in [-0.2, 0) is 0 Å². The maximum atomic E-state index is 13.5. The highest BCUT2D eigenvalue weighted by Gasteiger charge is 2.17. The van der Waals surface area contributed by atoms with Crippen molar-refractivity contribution in [3.05, 3.63) is 81.5 Å². The first-order valence-electron chi connectivity index (χ1n) is 9.12. The van der Waals surface area contributed by atoms with Crippen LogP contribution in [-0.4, -0.2) is 16.9 Å². The molecule has 0 aliphatic rings. The van der Waals surface area contributed by atoms with Gasteiger partial charge in [0.25, 0.3) is 5.56 Å². The second-order valence-electron chi connectivity index (χ2n) is 6.84.